The molecule has 0 aliphatic carbocycles. The maximum Gasteiger partial charge on any atom is 0.0858 e. The predicted octanol–water partition coefficient (Wildman–Crippen LogP) is 1.63. The van der Waals surface area contributed by atoms with Crippen LogP contribution in [0.4, 0.5) is 0 Å². The molecule has 0 heterocycles. The van der Waals surface area contributed by atoms with E-state index in [2.05, 4.69) is 31.8 Å². The zero-order valence-corrected chi connectivity index (χ0v) is 6.48. The third-order valence-corrected chi connectivity index (χ3v) is 0.954. The summed E-state index contributed by atoms with van der Waals surface area (Å²) in [7, 11) is 0. The van der Waals surface area contributed by atoms with E-state index in [-0.39, 0.29) is 4.38 Å². The van der Waals surface area contributed by atoms with E-state index in [0.717, 1.165) is 12.8 Å². The van der Waals surface area contributed by atoms with Gasteiger partial charge in [-0.25, -0.2) is 0 Å². The van der Waals surface area contributed by atoms with Gasteiger partial charge in [-0.3, -0.25) is 0 Å². The van der Waals surface area contributed by atoms with E-state index in [4.69, 9.17) is 4.74 Å². The summed E-state index contributed by atoms with van der Waals surface area (Å²) in [5.41, 5.74) is 0. The van der Waals surface area contributed by atoms with Crippen LogP contribution in [0.5, 0.6) is 0 Å². The Morgan fingerprint density at radius 1 is 1.75 bits per heavy atom. The number of rotatable bonds is 3. The lowest BCUT2D eigenvalue weighted by Crippen LogP contribution is -1.97. The molecule has 0 bridgehead atoms. The van der Waals surface area contributed by atoms with Crippen molar-refractivity contribution in [3.05, 3.63) is 0 Å². The summed E-state index contributed by atoms with van der Waals surface area (Å²) in [4.78, 5) is 0. The smallest absolute Gasteiger partial charge is 0.0858 e. The molecular weight excluding hydrogens is 140 g/mol. The first kappa shape index (κ1) is 8.11. The molecule has 0 fully saturated rings. The van der Waals surface area contributed by atoms with Crippen LogP contribution in [0.25, 0.3) is 0 Å². The normalized spacial score (nSPS) is 8.62. The van der Waals surface area contributed by atoms with Crippen molar-refractivity contribution >= 4 is 29.2 Å². The zero-order chi connectivity index (χ0) is 6.41. The summed E-state index contributed by atoms with van der Waals surface area (Å²) in [6.45, 7) is 2.77. The molecule has 0 radical (unpaired) electrons. The highest BCUT2D eigenvalue weighted by Gasteiger charge is 1.79. The summed E-state index contributed by atoms with van der Waals surface area (Å²) in [6.07, 6.45) is 2.16. The Kier molecular flexibility index (Phi) is 5.32. The van der Waals surface area contributed by atoms with Crippen molar-refractivity contribution in [3.63, 3.8) is 0 Å². The van der Waals surface area contributed by atoms with Crippen LogP contribution in [-0.4, -0.2) is 11.0 Å². The molecule has 0 amide bonds. The molecule has 0 aliphatic rings. The predicted molar refractivity (Wildman–Crippen MR) is 40.8 cm³/mol. The second-order valence-electron chi connectivity index (χ2n) is 1.45. The summed E-state index contributed by atoms with van der Waals surface area (Å²) in [6, 6.07) is 0. The molecule has 1 nitrogen and oxygen atoms in total. The highest BCUT2D eigenvalue weighted by Crippen LogP contribution is 1.87. The number of hydrogen-bond donors (Lipinski definition) is 0. The van der Waals surface area contributed by atoms with Gasteiger partial charge in [0.1, 0.15) is 0 Å². The second kappa shape index (κ2) is 5.25. The van der Waals surface area contributed by atoms with E-state index in [1.165, 1.54) is 0 Å². The van der Waals surface area contributed by atoms with E-state index in [0.29, 0.717) is 6.61 Å². The van der Waals surface area contributed by atoms with Crippen LogP contribution in [-0.2, 0) is 17.4 Å². The first-order chi connectivity index (χ1) is 3.77. The summed E-state index contributed by atoms with van der Waals surface area (Å²) < 4.78 is 5.06. The first-order valence-electron chi connectivity index (χ1n) is 2.61. The SMILES string of the molecule is CCCCOC(=S)[S-]. The topological polar surface area (TPSA) is 9.23 Å². The number of ether oxygens (including phenoxy) is 1. The average molecular weight is 149 g/mol. The maximum absolute atomic E-state index is 4.83. The van der Waals surface area contributed by atoms with E-state index < -0.39 is 0 Å². The van der Waals surface area contributed by atoms with Crippen molar-refractivity contribution in [1.82, 2.24) is 0 Å². The number of unbranched alkanes of at least 4 members (excludes halogenated alkanes) is 1. The Bertz CT molecular complexity index is 72.8. The fraction of sp³-hybridized carbons (Fsp3) is 0.800. The van der Waals surface area contributed by atoms with Gasteiger partial charge in [0, 0.05) is 4.38 Å². The molecule has 0 aromatic carbocycles. The molecule has 0 saturated carbocycles. The minimum atomic E-state index is 0.235. The third-order valence-electron chi connectivity index (χ3n) is 0.718. The molecule has 0 rings (SSSR count). The van der Waals surface area contributed by atoms with Gasteiger partial charge in [-0.2, -0.15) is 0 Å². The van der Waals surface area contributed by atoms with Gasteiger partial charge in [-0.05, 0) is 6.42 Å². The van der Waals surface area contributed by atoms with Gasteiger partial charge in [0.25, 0.3) is 0 Å². The Labute approximate surface area is 60.8 Å². The van der Waals surface area contributed by atoms with E-state index in [1.54, 1.807) is 0 Å². The lowest BCUT2D eigenvalue weighted by Gasteiger charge is -2.06. The van der Waals surface area contributed by atoms with Gasteiger partial charge in [0.05, 0.1) is 6.61 Å². The van der Waals surface area contributed by atoms with Gasteiger partial charge in [-0.1, -0.05) is 13.3 Å². The highest BCUT2D eigenvalue weighted by atomic mass is 32.1. The van der Waals surface area contributed by atoms with Crippen molar-refractivity contribution in [2.45, 2.75) is 19.8 Å². The van der Waals surface area contributed by atoms with E-state index >= 15 is 0 Å². The molecule has 0 aromatic heterocycles. The quantitative estimate of drug-likeness (QED) is 0.343. The fourth-order valence-electron chi connectivity index (χ4n) is 0.300. The van der Waals surface area contributed by atoms with Crippen LogP contribution in [0.3, 0.4) is 0 Å². The lowest BCUT2D eigenvalue weighted by atomic mass is 10.4. The van der Waals surface area contributed by atoms with Crippen molar-refractivity contribution in [1.29, 1.82) is 0 Å². The van der Waals surface area contributed by atoms with Crippen molar-refractivity contribution in [2.24, 2.45) is 0 Å². The van der Waals surface area contributed by atoms with Gasteiger partial charge in [0.15, 0.2) is 0 Å². The Morgan fingerprint density at radius 3 is 2.75 bits per heavy atom. The Morgan fingerprint density at radius 2 is 2.38 bits per heavy atom. The molecule has 0 saturated heterocycles. The molecule has 48 valence electrons. The number of thiocarbonyl (C=S) groups is 1. The Hall–Kier alpha value is 0.110. The largest absolute Gasteiger partial charge is 0.514 e. The monoisotopic (exact) mass is 149 g/mol. The van der Waals surface area contributed by atoms with E-state index in [1.807, 2.05) is 0 Å². The van der Waals surface area contributed by atoms with Crippen LogP contribution in [0.1, 0.15) is 19.8 Å². The van der Waals surface area contributed by atoms with Crippen molar-refractivity contribution < 1.29 is 4.74 Å². The molecule has 0 N–H and O–H groups in total. The standard InChI is InChI=1S/C5H10OS2/c1-2-3-4-6-5(7)8/h2-4H2,1H3,(H,7,8)/p-1. The summed E-state index contributed by atoms with van der Waals surface area (Å²) in [5, 5.41) is 0. The molecule has 3 heteroatoms. The van der Waals surface area contributed by atoms with Gasteiger partial charge in [-0.15, -0.1) is 0 Å². The molecule has 8 heavy (non-hydrogen) atoms. The Balaban J connectivity index is 2.82. The lowest BCUT2D eigenvalue weighted by molar-refractivity contribution is 0.313. The summed E-state index contributed by atoms with van der Waals surface area (Å²) >= 11 is 9.00. The zero-order valence-electron chi connectivity index (χ0n) is 4.85. The minimum absolute atomic E-state index is 0.235. The van der Waals surface area contributed by atoms with E-state index in [9.17, 15) is 0 Å². The van der Waals surface area contributed by atoms with Gasteiger partial charge in [0.2, 0.25) is 0 Å². The molecular formula is C5H9OS2-. The first-order valence-corrected chi connectivity index (χ1v) is 3.42. The highest BCUT2D eigenvalue weighted by molar-refractivity contribution is 7.99. The molecule has 0 spiro atoms. The molecule has 0 atom stereocenters. The number of hydrogen-bond acceptors (Lipinski definition) is 3. The second-order valence-corrected chi connectivity index (χ2v) is 2.45. The van der Waals surface area contributed by atoms with Crippen LogP contribution in [0, 0.1) is 0 Å². The van der Waals surface area contributed by atoms with Crippen LogP contribution in [0.2, 0.25) is 0 Å². The minimum Gasteiger partial charge on any atom is -0.514 e. The molecule has 0 aromatic rings. The summed E-state index contributed by atoms with van der Waals surface area (Å²) in [5.74, 6) is 0. The third kappa shape index (κ3) is 6.11. The van der Waals surface area contributed by atoms with Gasteiger partial charge >= 0.3 is 0 Å². The van der Waals surface area contributed by atoms with Crippen LogP contribution < -0.4 is 0 Å². The molecule has 0 unspecified atom stereocenters. The average Bonchev–Trinajstić information content (AvgIpc) is 1.66. The van der Waals surface area contributed by atoms with Crippen LogP contribution >= 0.6 is 12.2 Å². The maximum atomic E-state index is 4.83. The van der Waals surface area contributed by atoms with Gasteiger partial charge < -0.3 is 29.6 Å². The van der Waals surface area contributed by atoms with Crippen LogP contribution in [0.15, 0.2) is 0 Å². The van der Waals surface area contributed by atoms with Crippen molar-refractivity contribution in [3.8, 4) is 0 Å². The molecule has 0 aliphatic heterocycles. The van der Waals surface area contributed by atoms with Crippen molar-refractivity contribution in [2.75, 3.05) is 6.61 Å². The fourth-order valence-corrected chi connectivity index (χ4v) is 0.467.